The van der Waals surface area contributed by atoms with Crippen LogP contribution in [-0.2, 0) is 25.5 Å². The summed E-state index contributed by atoms with van der Waals surface area (Å²) in [5.74, 6) is -2.68. The maximum Gasteiger partial charge on any atom is 0.409 e. The molecule has 2 atom stereocenters. The van der Waals surface area contributed by atoms with Gasteiger partial charge in [0.05, 0.1) is 13.7 Å². The fourth-order valence-corrected chi connectivity index (χ4v) is 3.33. The number of Topliss-reactive ketones (excluding diaryl/α,β-unsaturated/α-hetero) is 1. The number of carbonyl (C=O) groups excluding carboxylic acids is 3. The van der Waals surface area contributed by atoms with Crippen molar-refractivity contribution in [1.82, 2.24) is 4.90 Å². The summed E-state index contributed by atoms with van der Waals surface area (Å²) < 4.78 is 36.7. The van der Waals surface area contributed by atoms with Gasteiger partial charge in [-0.15, -0.1) is 0 Å². The van der Waals surface area contributed by atoms with Gasteiger partial charge >= 0.3 is 12.1 Å². The van der Waals surface area contributed by atoms with Gasteiger partial charge in [-0.05, 0) is 37.8 Å². The van der Waals surface area contributed by atoms with Gasteiger partial charge in [0.1, 0.15) is 23.8 Å². The summed E-state index contributed by atoms with van der Waals surface area (Å²) >= 11 is 0. The zero-order valence-electron chi connectivity index (χ0n) is 15.4. The molecule has 1 amide bonds. The molecule has 1 saturated heterocycles. The molecule has 1 heterocycles. The summed E-state index contributed by atoms with van der Waals surface area (Å²) in [6, 6.07) is 2.75. The number of amides is 1. The molecule has 2 unspecified atom stereocenters. The zero-order chi connectivity index (χ0) is 20.0. The first-order chi connectivity index (χ1) is 12.8. The van der Waals surface area contributed by atoms with Crippen molar-refractivity contribution in [1.29, 1.82) is 0 Å². The molecule has 8 heteroatoms. The van der Waals surface area contributed by atoms with Gasteiger partial charge in [0.25, 0.3) is 0 Å². The number of halogens is 2. The highest BCUT2D eigenvalue weighted by Gasteiger charge is 2.36. The van der Waals surface area contributed by atoms with E-state index in [0.29, 0.717) is 6.42 Å². The van der Waals surface area contributed by atoms with E-state index in [9.17, 15) is 23.2 Å². The molecule has 0 saturated carbocycles. The van der Waals surface area contributed by atoms with Crippen molar-refractivity contribution < 1.29 is 32.6 Å². The molecular formula is C19H23F2NO5. The van der Waals surface area contributed by atoms with Gasteiger partial charge in [-0.25, -0.2) is 13.6 Å². The van der Waals surface area contributed by atoms with Crippen molar-refractivity contribution in [3.8, 4) is 0 Å². The summed E-state index contributed by atoms with van der Waals surface area (Å²) in [6.07, 6.45) is -0.127. The summed E-state index contributed by atoms with van der Waals surface area (Å²) in [5, 5.41) is 0. The maximum atomic E-state index is 14.0. The summed E-state index contributed by atoms with van der Waals surface area (Å²) in [7, 11) is 1.25. The van der Waals surface area contributed by atoms with Gasteiger partial charge in [-0.3, -0.25) is 9.59 Å². The molecule has 1 aromatic rings. The number of likely N-dealkylation sites (tertiary alicyclic amines) is 1. The Bertz CT molecular complexity index is 709. The minimum absolute atomic E-state index is 0.115. The standard InChI is InChI=1S/C19H23F2NO5/c1-3-27-18(24)11-17(23)13-6-7-22(19(25)26-2)15(9-13)8-12-4-5-14(20)10-16(12)21/h4-5,10,13,15H,3,6-9,11H2,1-2H3. The van der Waals surface area contributed by atoms with Crippen LogP contribution >= 0.6 is 0 Å². The monoisotopic (exact) mass is 383 g/mol. The van der Waals surface area contributed by atoms with Crippen LogP contribution in [0.4, 0.5) is 13.6 Å². The van der Waals surface area contributed by atoms with Gasteiger partial charge in [-0.2, -0.15) is 0 Å². The molecule has 6 nitrogen and oxygen atoms in total. The Morgan fingerprint density at radius 1 is 1.26 bits per heavy atom. The van der Waals surface area contributed by atoms with Crippen LogP contribution in [0.2, 0.25) is 0 Å². The second-order valence-corrected chi connectivity index (χ2v) is 6.43. The number of rotatable bonds is 6. The van der Waals surface area contributed by atoms with Gasteiger partial charge in [0, 0.05) is 24.6 Å². The van der Waals surface area contributed by atoms with Crippen LogP contribution in [0.1, 0.15) is 31.7 Å². The van der Waals surface area contributed by atoms with Crippen LogP contribution in [-0.4, -0.2) is 49.0 Å². The summed E-state index contributed by atoms with van der Waals surface area (Å²) in [4.78, 5) is 37.4. The molecule has 0 N–H and O–H groups in total. The highest BCUT2D eigenvalue weighted by atomic mass is 19.1. The Labute approximate surface area is 156 Å². The topological polar surface area (TPSA) is 72.9 Å². The molecule has 1 aliphatic rings. The second-order valence-electron chi connectivity index (χ2n) is 6.43. The molecule has 0 spiro atoms. The third kappa shape index (κ3) is 5.48. The highest BCUT2D eigenvalue weighted by molar-refractivity contribution is 5.96. The van der Waals surface area contributed by atoms with Crippen molar-refractivity contribution in [2.24, 2.45) is 5.92 Å². The van der Waals surface area contributed by atoms with Crippen LogP contribution in [0, 0.1) is 17.6 Å². The third-order valence-electron chi connectivity index (χ3n) is 4.67. The number of esters is 1. The minimum Gasteiger partial charge on any atom is -0.466 e. The van der Waals surface area contributed by atoms with Crippen LogP contribution in [0.15, 0.2) is 18.2 Å². The molecule has 27 heavy (non-hydrogen) atoms. The average Bonchev–Trinajstić information content (AvgIpc) is 2.63. The van der Waals surface area contributed by atoms with E-state index >= 15 is 0 Å². The van der Waals surface area contributed by atoms with E-state index in [-0.39, 0.29) is 43.8 Å². The van der Waals surface area contributed by atoms with Crippen LogP contribution in [0.3, 0.4) is 0 Å². The quantitative estimate of drug-likeness (QED) is 0.558. The smallest absolute Gasteiger partial charge is 0.409 e. The fraction of sp³-hybridized carbons (Fsp3) is 0.526. The summed E-state index contributed by atoms with van der Waals surface area (Å²) in [5.41, 5.74) is 0.244. The van der Waals surface area contributed by atoms with Gasteiger partial charge in [0.2, 0.25) is 0 Å². The van der Waals surface area contributed by atoms with Crippen molar-refractivity contribution in [2.75, 3.05) is 20.3 Å². The number of piperidine rings is 1. The average molecular weight is 383 g/mol. The van der Waals surface area contributed by atoms with E-state index in [2.05, 4.69) is 0 Å². The first-order valence-electron chi connectivity index (χ1n) is 8.82. The molecule has 1 aliphatic heterocycles. The first kappa shape index (κ1) is 20.8. The van der Waals surface area contributed by atoms with Crippen molar-refractivity contribution in [3.05, 3.63) is 35.4 Å². The lowest BCUT2D eigenvalue weighted by Gasteiger charge is -2.38. The Hall–Kier alpha value is -2.51. The number of hydrogen-bond donors (Lipinski definition) is 0. The van der Waals surface area contributed by atoms with Crippen LogP contribution < -0.4 is 0 Å². The highest BCUT2D eigenvalue weighted by Crippen LogP contribution is 2.28. The molecule has 0 aromatic heterocycles. The van der Waals surface area contributed by atoms with Crippen molar-refractivity contribution in [2.45, 2.75) is 38.6 Å². The SMILES string of the molecule is CCOC(=O)CC(=O)C1CCN(C(=O)OC)C(Cc2ccc(F)cc2F)C1. The van der Waals surface area contributed by atoms with E-state index in [1.165, 1.54) is 18.1 Å². The lowest BCUT2D eigenvalue weighted by molar-refractivity contribution is -0.146. The predicted molar refractivity (Wildman–Crippen MR) is 91.9 cm³/mol. The second kappa shape index (κ2) is 9.43. The maximum absolute atomic E-state index is 14.0. The normalized spacial score (nSPS) is 19.5. The number of ether oxygens (including phenoxy) is 2. The van der Waals surface area contributed by atoms with Crippen molar-refractivity contribution in [3.63, 3.8) is 0 Å². The molecule has 0 aliphatic carbocycles. The molecular weight excluding hydrogens is 360 g/mol. The predicted octanol–water partition coefficient (Wildman–Crippen LogP) is 2.88. The van der Waals surface area contributed by atoms with E-state index in [4.69, 9.17) is 9.47 Å². The van der Waals surface area contributed by atoms with E-state index in [1.807, 2.05) is 0 Å². The number of ketones is 1. The molecule has 2 rings (SSSR count). The van der Waals surface area contributed by atoms with E-state index < -0.39 is 35.7 Å². The lowest BCUT2D eigenvalue weighted by Crippen LogP contribution is -2.48. The number of benzene rings is 1. The van der Waals surface area contributed by atoms with Gasteiger partial charge < -0.3 is 14.4 Å². The van der Waals surface area contributed by atoms with E-state index in [1.54, 1.807) is 6.92 Å². The van der Waals surface area contributed by atoms with Gasteiger partial charge in [-0.1, -0.05) is 6.07 Å². The third-order valence-corrected chi connectivity index (χ3v) is 4.67. The number of nitrogens with zero attached hydrogens (tertiary/aromatic N) is 1. The Morgan fingerprint density at radius 3 is 2.63 bits per heavy atom. The van der Waals surface area contributed by atoms with E-state index in [0.717, 1.165) is 12.1 Å². The molecule has 148 valence electrons. The molecule has 1 aromatic carbocycles. The fourth-order valence-electron chi connectivity index (χ4n) is 3.33. The Balaban J connectivity index is 2.13. The van der Waals surface area contributed by atoms with Crippen LogP contribution in [0.5, 0.6) is 0 Å². The Morgan fingerprint density at radius 2 is 2.00 bits per heavy atom. The zero-order valence-corrected chi connectivity index (χ0v) is 15.4. The number of methoxy groups -OCH3 is 1. The van der Waals surface area contributed by atoms with Crippen molar-refractivity contribution >= 4 is 17.8 Å². The molecule has 1 fully saturated rings. The van der Waals surface area contributed by atoms with Gasteiger partial charge in [0.15, 0.2) is 0 Å². The molecule has 0 radical (unpaired) electrons. The number of hydrogen-bond acceptors (Lipinski definition) is 5. The largest absolute Gasteiger partial charge is 0.466 e. The minimum atomic E-state index is -0.709. The van der Waals surface area contributed by atoms with Crippen LogP contribution in [0.25, 0.3) is 0 Å². The number of carbonyl (C=O) groups is 3. The molecule has 0 bridgehead atoms. The Kier molecular flexibility index (Phi) is 7.27. The summed E-state index contributed by atoms with van der Waals surface area (Å²) in [6.45, 7) is 2.10. The lowest BCUT2D eigenvalue weighted by atomic mass is 9.84. The first-order valence-corrected chi connectivity index (χ1v) is 8.82.